The van der Waals surface area contributed by atoms with Crippen LogP contribution < -0.4 is 16.4 Å². The van der Waals surface area contributed by atoms with E-state index in [0.29, 0.717) is 37.9 Å². The van der Waals surface area contributed by atoms with Crippen LogP contribution in [0, 0.1) is 29.3 Å². The van der Waals surface area contributed by atoms with Gasteiger partial charge in [-0.1, -0.05) is 27.7 Å². The van der Waals surface area contributed by atoms with Gasteiger partial charge < -0.3 is 35.6 Å². The number of likely N-dealkylation sites (tertiary alicyclic amines) is 2. The normalized spacial score (nSPS) is 20.3. The summed E-state index contributed by atoms with van der Waals surface area (Å²) in [5.41, 5.74) is 5.73. The van der Waals surface area contributed by atoms with Gasteiger partial charge in [-0.05, 0) is 55.6 Å². The molecular formula is C36H47F6N9O5. The lowest BCUT2D eigenvalue weighted by Gasteiger charge is -2.33. The quantitative estimate of drug-likeness (QED) is 0.217. The summed E-state index contributed by atoms with van der Waals surface area (Å²) >= 11 is 0. The number of alkyl halides is 3. The summed E-state index contributed by atoms with van der Waals surface area (Å²) < 4.78 is 83.7. The molecule has 2 saturated heterocycles. The van der Waals surface area contributed by atoms with E-state index in [4.69, 9.17) is 5.73 Å². The van der Waals surface area contributed by atoms with Gasteiger partial charge in [-0.2, -0.15) is 13.2 Å². The van der Waals surface area contributed by atoms with Gasteiger partial charge in [0.2, 0.25) is 35.4 Å². The number of hydrogen-bond donors (Lipinski definition) is 3. The molecule has 4 N–H and O–H groups in total. The molecule has 308 valence electrons. The summed E-state index contributed by atoms with van der Waals surface area (Å²) in [7, 11) is 0. The Labute approximate surface area is 319 Å². The molecule has 2 fully saturated rings. The van der Waals surface area contributed by atoms with E-state index in [2.05, 4.69) is 20.8 Å². The molecule has 14 nitrogen and oxygen atoms in total. The van der Waals surface area contributed by atoms with Crippen LogP contribution in [-0.2, 0) is 49.7 Å². The van der Waals surface area contributed by atoms with Crippen molar-refractivity contribution >= 4 is 29.5 Å². The molecule has 56 heavy (non-hydrogen) atoms. The van der Waals surface area contributed by atoms with E-state index in [-0.39, 0.29) is 55.8 Å². The molecule has 0 aliphatic carbocycles. The summed E-state index contributed by atoms with van der Waals surface area (Å²) in [6, 6.07) is -4.11. The van der Waals surface area contributed by atoms with Gasteiger partial charge in [0, 0.05) is 44.7 Å². The minimum Gasteiger partial charge on any atom is -0.351 e. The first-order chi connectivity index (χ1) is 26.3. The highest BCUT2D eigenvalue weighted by atomic mass is 19.4. The van der Waals surface area contributed by atoms with Crippen molar-refractivity contribution < 1.29 is 50.3 Å². The molecule has 3 aliphatic heterocycles. The highest BCUT2D eigenvalue weighted by molar-refractivity contribution is 5.95. The average molecular weight is 800 g/mol. The monoisotopic (exact) mass is 799 g/mol. The Hall–Kier alpha value is -4.75. The maximum Gasteiger partial charge on any atom is 0.451 e. The second-order valence-electron chi connectivity index (χ2n) is 15.3. The van der Waals surface area contributed by atoms with E-state index >= 15 is 0 Å². The third-order valence-electron chi connectivity index (χ3n) is 10.6. The highest BCUT2D eigenvalue weighted by Crippen LogP contribution is 2.30. The van der Waals surface area contributed by atoms with E-state index in [1.807, 2.05) is 0 Å². The maximum atomic E-state index is 14.8. The van der Waals surface area contributed by atoms with Gasteiger partial charge in [0.25, 0.3) is 0 Å². The van der Waals surface area contributed by atoms with E-state index in [1.165, 1.54) is 14.7 Å². The number of nitrogens with zero attached hydrogens (tertiary/aromatic N) is 6. The Kier molecular flexibility index (Phi) is 13.0. The smallest absolute Gasteiger partial charge is 0.351 e. The number of carbonyl (C=O) groups is 5. The van der Waals surface area contributed by atoms with Crippen LogP contribution in [0.15, 0.2) is 12.1 Å². The van der Waals surface area contributed by atoms with Crippen molar-refractivity contribution in [2.75, 3.05) is 19.6 Å². The lowest BCUT2D eigenvalue weighted by Crippen LogP contribution is -2.59. The van der Waals surface area contributed by atoms with Crippen molar-refractivity contribution in [1.29, 1.82) is 0 Å². The van der Waals surface area contributed by atoms with Crippen LogP contribution in [0.2, 0.25) is 0 Å². The van der Waals surface area contributed by atoms with Gasteiger partial charge in [0.1, 0.15) is 23.9 Å². The molecule has 1 aromatic heterocycles. The molecule has 4 heterocycles. The molecular weight excluding hydrogens is 752 g/mol. The number of halogens is 6. The van der Waals surface area contributed by atoms with Crippen LogP contribution in [0.1, 0.15) is 77.0 Å². The number of carbonyl (C=O) groups excluding carboxylic acids is 5. The molecule has 0 bridgehead atoms. The fourth-order valence-corrected chi connectivity index (χ4v) is 7.40. The highest BCUT2D eigenvalue weighted by Gasteiger charge is 2.43. The largest absolute Gasteiger partial charge is 0.451 e. The molecule has 1 aromatic carbocycles. The molecule has 5 rings (SSSR count). The minimum atomic E-state index is -4.77. The molecule has 0 spiro atoms. The van der Waals surface area contributed by atoms with Gasteiger partial charge >= 0.3 is 6.18 Å². The second-order valence-corrected chi connectivity index (χ2v) is 15.3. The van der Waals surface area contributed by atoms with Crippen LogP contribution >= 0.6 is 0 Å². The van der Waals surface area contributed by atoms with E-state index in [1.54, 1.807) is 27.7 Å². The fourth-order valence-electron chi connectivity index (χ4n) is 7.40. The SMILES string of the molecule is CC(C)C(N)C(=O)N1CCCC1C(=O)NC(C(=O)N1CCCC1C(=O)N[C@@H](CC(=O)N1CCn2c(nnc2C(F)(F)F)C1)Cc1cc(F)c(F)cc1F)C(C)C. The zero-order valence-electron chi connectivity index (χ0n) is 31.5. The number of rotatable bonds is 12. The third-order valence-corrected chi connectivity index (χ3v) is 10.6. The first-order valence-electron chi connectivity index (χ1n) is 18.7. The number of nitrogens with two attached hydrogens (primary N) is 1. The van der Waals surface area contributed by atoms with Crippen LogP contribution in [-0.4, -0.2) is 109 Å². The molecule has 0 saturated carbocycles. The van der Waals surface area contributed by atoms with Crippen molar-refractivity contribution in [3.05, 3.63) is 46.8 Å². The summed E-state index contributed by atoms with van der Waals surface area (Å²) in [5, 5.41) is 12.2. The fraction of sp³-hybridized carbons (Fsp3) is 0.639. The van der Waals surface area contributed by atoms with Crippen molar-refractivity contribution in [1.82, 2.24) is 40.1 Å². The third kappa shape index (κ3) is 9.26. The summed E-state index contributed by atoms with van der Waals surface area (Å²) in [6.45, 7) is 6.72. The predicted molar refractivity (Wildman–Crippen MR) is 186 cm³/mol. The molecule has 3 aliphatic rings. The molecule has 5 amide bonds. The second kappa shape index (κ2) is 17.2. The Bertz CT molecular complexity index is 1820. The van der Waals surface area contributed by atoms with Crippen LogP contribution in [0.3, 0.4) is 0 Å². The number of benzene rings is 1. The standard InChI is InChI=1S/C36H47F6N9O5/c1-18(2)29(43)33(55)49-9-5-8-26(49)32(54)45-30(19(3)4)34(56)50-10-6-7-25(50)31(53)44-21(13-20-14-23(38)24(39)16-22(20)37)15-28(52)48-11-12-51-27(17-48)46-47-35(51)36(40,41)42/h14,16,18-19,21,25-26,29-30H,5-13,15,17,43H2,1-4H3,(H,44,53)(H,45,54)/t21-,25?,26?,29?,30?/m1/s1. The van der Waals surface area contributed by atoms with E-state index in [9.17, 15) is 50.3 Å². The number of aromatic nitrogens is 3. The number of hydrogen-bond acceptors (Lipinski definition) is 8. The Morgan fingerprint density at radius 2 is 1.39 bits per heavy atom. The molecule has 4 unspecified atom stereocenters. The molecule has 20 heteroatoms. The van der Waals surface area contributed by atoms with Crippen molar-refractivity contribution in [3.8, 4) is 0 Å². The Balaban J connectivity index is 1.31. The summed E-state index contributed by atoms with van der Waals surface area (Å²) in [4.78, 5) is 72.1. The van der Waals surface area contributed by atoms with Gasteiger partial charge in [-0.25, -0.2) is 13.2 Å². The van der Waals surface area contributed by atoms with Crippen LogP contribution in [0.25, 0.3) is 0 Å². The zero-order valence-corrected chi connectivity index (χ0v) is 31.5. The van der Waals surface area contributed by atoms with E-state index < -0.39 is 102 Å². The number of nitrogens with one attached hydrogen (secondary N) is 2. The topological polar surface area (TPSA) is 176 Å². The average Bonchev–Trinajstić information content (AvgIpc) is 3.91. The van der Waals surface area contributed by atoms with Crippen LogP contribution in [0.4, 0.5) is 26.3 Å². The Morgan fingerprint density at radius 3 is 1.98 bits per heavy atom. The molecule has 5 atom stereocenters. The van der Waals surface area contributed by atoms with Crippen molar-refractivity contribution in [3.63, 3.8) is 0 Å². The minimum absolute atomic E-state index is 0.123. The lowest BCUT2D eigenvalue weighted by molar-refractivity contribution is -0.148. The van der Waals surface area contributed by atoms with Gasteiger partial charge in [-0.15, -0.1) is 10.2 Å². The Morgan fingerprint density at radius 1 is 0.804 bits per heavy atom. The number of fused-ring (bicyclic) bond motifs is 1. The number of amides is 5. The first kappa shape index (κ1) is 42.4. The summed E-state index contributed by atoms with van der Waals surface area (Å²) in [5.74, 6) is -8.72. The summed E-state index contributed by atoms with van der Waals surface area (Å²) in [6.07, 6.45) is -4.23. The van der Waals surface area contributed by atoms with Crippen molar-refractivity contribution in [2.45, 2.75) is 116 Å². The first-order valence-corrected chi connectivity index (χ1v) is 18.7. The lowest BCUT2D eigenvalue weighted by atomic mass is 9.99. The van der Waals surface area contributed by atoms with Gasteiger partial charge in [-0.3, -0.25) is 24.0 Å². The van der Waals surface area contributed by atoms with Gasteiger partial charge in [0.15, 0.2) is 17.5 Å². The van der Waals surface area contributed by atoms with Crippen molar-refractivity contribution in [2.24, 2.45) is 17.6 Å². The molecule has 0 radical (unpaired) electrons. The van der Waals surface area contributed by atoms with E-state index in [0.717, 1.165) is 4.57 Å². The molecule has 2 aromatic rings. The predicted octanol–water partition coefficient (Wildman–Crippen LogP) is 2.28. The zero-order chi connectivity index (χ0) is 41.2. The van der Waals surface area contributed by atoms with Gasteiger partial charge in [0.05, 0.1) is 12.6 Å². The maximum absolute atomic E-state index is 14.8. The van der Waals surface area contributed by atoms with Crippen LogP contribution in [0.5, 0.6) is 0 Å².